The molecule has 0 radical (unpaired) electrons. The molecule has 2 amide bonds. The van der Waals surface area contributed by atoms with E-state index in [2.05, 4.69) is 26.3 Å². The average molecular weight is 534 g/mol. The summed E-state index contributed by atoms with van der Waals surface area (Å²) in [6.07, 6.45) is 1.73. The van der Waals surface area contributed by atoms with Crippen molar-refractivity contribution in [3.63, 3.8) is 0 Å². The zero-order valence-corrected chi connectivity index (χ0v) is 21.1. The molecular weight excluding hydrogens is 510 g/mol. The number of para-hydroxylation sites is 2. The number of carbonyl (C=O) groups is 2. The fraction of sp³-hybridized carbons (Fsp3) is 0.148. The van der Waals surface area contributed by atoms with Crippen molar-refractivity contribution >= 4 is 50.9 Å². The Hall–Kier alpha value is -3.91. The molecule has 0 aliphatic carbocycles. The van der Waals surface area contributed by atoms with Gasteiger partial charge in [0, 0.05) is 10.0 Å². The van der Waals surface area contributed by atoms with Crippen molar-refractivity contribution in [1.82, 2.24) is 0 Å². The lowest BCUT2D eigenvalue weighted by Crippen LogP contribution is -2.21. The van der Waals surface area contributed by atoms with E-state index in [-0.39, 0.29) is 18.4 Å². The first-order valence-electron chi connectivity index (χ1n) is 10.9. The SMILES string of the molecule is COc1ccccc1NC(=O)COc1ccc(Br)cc1C=C1C(=O)N(c2cccc(C)c2)N=C1C. The highest BCUT2D eigenvalue weighted by atomic mass is 79.9. The van der Waals surface area contributed by atoms with Crippen LogP contribution in [-0.2, 0) is 9.59 Å². The van der Waals surface area contributed by atoms with Crippen molar-refractivity contribution in [3.05, 3.63) is 87.9 Å². The third kappa shape index (κ3) is 5.60. The summed E-state index contributed by atoms with van der Waals surface area (Å²) < 4.78 is 11.9. The number of anilines is 2. The van der Waals surface area contributed by atoms with Crippen LogP contribution >= 0.6 is 15.9 Å². The second-order valence-corrected chi connectivity index (χ2v) is 8.83. The topological polar surface area (TPSA) is 80.2 Å². The number of hydrazone groups is 1. The minimum absolute atomic E-state index is 0.216. The summed E-state index contributed by atoms with van der Waals surface area (Å²) in [6, 6.07) is 20.1. The molecule has 0 fully saturated rings. The molecule has 0 saturated carbocycles. The average Bonchev–Trinajstić information content (AvgIpc) is 3.12. The standard InChI is InChI=1S/C27H24BrN3O4/c1-17-7-6-8-21(13-17)31-27(33)22(18(2)30-31)15-19-14-20(28)11-12-24(19)35-16-26(32)29-23-9-4-5-10-25(23)34-3/h4-15H,16H2,1-3H3,(H,29,32). The molecule has 0 spiro atoms. The van der Waals surface area contributed by atoms with Crippen molar-refractivity contribution in [2.24, 2.45) is 5.10 Å². The van der Waals surface area contributed by atoms with E-state index in [0.29, 0.717) is 39.7 Å². The van der Waals surface area contributed by atoms with Crippen LogP contribution in [0.4, 0.5) is 11.4 Å². The quantitative estimate of drug-likeness (QED) is 0.401. The molecule has 1 heterocycles. The van der Waals surface area contributed by atoms with Crippen LogP contribution in [0.15, 0.2) is 81.9 Å². The molecule has 0 saturated heterocycles. The smallest absolute Gasteiger partial charge is 0.280 e. The third-order valence-corrected chi connectivity index (χ3v) is 5.81. The number of ether oxygens (including phenoxy) is 2. The first-order chi connectivity index (χ1) is 16.9. The van der Waals surface area contributed by atoms with Crippen molar-refractivity contribution in [3.8, 4) is 11.5 Å². The number of aryl methyl sites for hydroxylation is 1. The number of hydrogen-bond donors (Lipinski definition) is 1. The monoisotopic (exact) mass is 533 g/mol. The predicted octanol–water partition coefficient (Wildman–Crippen LogP) is 5.59. The number of nitrogens with zero attached hydrogens (tertiary/aromatic N) is 2. The number of amides is 2. The van der Waals surface area contributed by atoms with Gasteiger partial charge in [0.25, 0.3) is 11.8 Å². The van der Waals surface area contributed by atoms with E-state index in [1.165, 1.54) is 5.01 Å². The number of benzene rings is 3. The molecule has 0 aromatic heterocycles. The minimum atomic E-state index is -0.337. The summed E-state index contributed by atoms with van der Waals surface area (Å²) in [5.74, 6) is 0.456. The Morgan fingerprint density at radius 1 is 1.06 bits per heavy atom. The number of halogens is 1. The number of nitrogens with one attached hydrogen (secondary N) is 1. The second kappa shape index (κ2) is 10.6. The number of methoxy groups -OCH3 is 1. The molecular formula is C27H24BrN3O4. The van der Waals surface area contributed by atoms with Crippen LogP contribution < -0.4 is 19.8 Å². The minimum Gasteiger partial charge on any atom is -0.495 e. The van der Waals surface area contributed by atoms with Gasteiger partial charge >= 0.3 is 0 Å². The van der Waals surface area contributed by atoms with Crippen molar-refractivity contribution < 1.29 is 19.1 Å². The Bertz CT molecular complexity index is 1350. The van der Waals surface area contributed by atoms with Gasteiger partial charge in [-0.2, -0.15) is 10.1 Å². The lowest BCUT2D eigenvalue weighted by molar-refractivity contribution is -0.118. The number of carbonyl (C=O) groups excluding carboxylic acids is 2. The highest BCUT2D eigenvalue weighted by molar-refractivity contribution is 9.10. The molecule has 8 heteroatoms. The fourth-order valence-electron chi connectivity index (χ4n) is 3.62. The molecule has 3 aromatic rings. The summed E-state index contributed by atoms with van der Waals surface area (Å²) in [4.78, 5) is 25.7. The molecule has 0 unspecified atom stereocenters. The van der Waals surface area contributed by atoms with E-state index in [1.807, 2.05) is 49.4 Å². The molecule has 1 aliphatic rings. The van der Waals surface area contributed by atoms with Crippen molar-refractivity contribution in [2.45, 2.75) is 13.8 Å². The molecule has 0 atom stereocenters. The maximum Gasteiger partial charge on any atom is 0.280 e. The Morgan fingerprint density at radius 2 is 1.86 bits per heavy atom. The van der Waals surface area contributed by atoms with Crippen LogP contribution in [0.25, 0.3) is 6.08 Å². The normalized spacial score (nSPS) is 14.2. The van der Waals surface area contributed by atoms with Crippen LogP contribution in [0, 0.1) is 6.92 Å². The molecule has 4 rings (SSSR count). The maximum absolute atomic E-state index is 13.2. The van der Waals surface area contributed by atoms with Crippen LogP contribution in [-0.4, -0.2) is 31.2 Å². The predicted molar refractivity (Wildman–Crippen MR) is 141 cm³/mol. The zero-order chi connectivity index (χ0) is 24.9. The summed E-state index contributed by atoms with van der Waals surface area (Å²) in [5.41, 5.74) is 3.99. The van der Waals surface area contributed by atoms with Gasteiger partial charge in [-0.05, 0) is 68.0 Å². The van der Waals surface area contributed by atoms with Crippen LogP contribution in [0.3, 0.4) is 0 Å². The van der Waals surface area contributed by atoms with E-state index >= 15 is 0 Å². The van der Waals surface area contributed by atoms with E-state index in [9.17, 15) is 9.59 Å². The molecule has 1 aliphatic heterocycles. The molecule has 3 aromatic carbocycles. The maximum atomic E-state index is 13.2. The van der Waals surface area contributed by atoms with Crippen molar-refractivity contribution in [2.75, 3.05) is 24.0 Å². The van der Waals surface area contributed by atoms with Crippen LogP contribution in [0.5, 0.6) is 11.5 Å². The Balaban J connectivity index is 1.53. The van der Waals surface area contributed by atoms with Crippen molar-refractivity contribution in [1.29, 1.82) is 0 Å². The summed E-state index contributed by atoms with van der Waals surface area (Å²) in [5, 5.41) is 8.63. The van der Waals surface area contributed by atoms with E-state index in [0.717, 1.165) is 10.0 Å². The summed E-state index contributed by atoms with van der Waals surface area (Å²) in [6.45, 7) is 3.54. The molecule has 35 heavy (non-hydrogen) atoms. The van der Waals surface area contributed by atoms with E-state index in [1.54, 1.807) is 44.4 Å². The Kier molecular flexibility index (Phi) is 7.31. The highest BCUT2D eigenvalue weighted by Gasteiger charge is 2.29. The van der Waals surface area contributed by atoms with Gasteiger partial charge in [0.1, 0.15) is 11.5 Å². The van der Waals surface area contributed by atoms with Gasteiger partial charge in [-0.15, -0.1) is 0 Å². The van der Waals surface area contributed by atoms with Gasteiger partial charge < -0.3 is 14.8 Å². The number of hydrogen-bond acceptors (Lipinski definition) is 5. The summed E-state index contributed by atoms with van der Waals surface area (Å²) >= 11 is 3.47. The van der Waals surface area contributed by atoms with Gasteiger partial charge in [0.2, 0.25) is 0 Å². The van der Waals surface area contributed by atoms with Crippen LogP contribution in [0.1, 0.15) is 18.1 Å². The first kappa shape index (κ1) is 24.2. The largest absolute Gasteiger partial charge is 0.495 e. The molecule has 0 bridgehead atoms. The van der Waals surface area contributed by atoms with E-state index in [4.69, 9.17) is 9.47 Å². The van der Waals surface area contributed by atoms with Gasteiger partial charge in [-0.1, -0.05) is 40.2 Å². The van der Waals surface area contributed by atoms with Gasteiger partial charge in [0.05, 0.1) is 29.8 Å². The molecule has 178 valence electrons. The summed E-state index contributed by atoms with van der Waals surface area (Å²) in [7, 11) is 1.54. The lowest BCUT2D eigenvalue weighted by atomic mass is 10.1. The molecule has 7 nitrogen and oxygen atoms in total. The first-order valence-corrected chi connectivity index (χ1v) is 11.7. The fourth-order valence-corrected chi connectivity index (χ4v) is 3.99. The third-order valence-electron chi connectivity index (χ3n) is 5.32. The van der Waals surface area contributed by atoms with Gasteiger partial charge in [-0.25, -0.2) is 0 Å². The zero-order valence-electron chi connectivity index (χ0n) is 19.5. The van der Waals surface area contributed by atoms with Crippen LogP contribution in [0.2, 0.25) is 0 Å². The van der Waals surface area contributed by atoms with E-state index < -0.39 is 0 Å². The highest BCUT2D eigenvalue weighted by Crippen LogP contribution is 2.30. The number of rotatable bonds is 7. The Labute approximate surface area is 212 Å². The molecule has 1 N–H and O–H groups in total. The van der Waals surface area contributed by atoms with Gasteiger partial charge in [0.15, 0.2) is 6.61 Å². The second-order valence-electron chi connectivity index (χ2n) is 7.92. The van der Waals surface area contributed by atoms with Gasteiger partial charge in [-0.3, -0.25) is 9.59 Å². The Morgan fingerprint density at radius 3 is 2.63 bits per heavy atom. The lowest BCUT2D eigenvalue weighted by Gasteiger charge is -2.13.